The summed E-state index contributed by atoms with van der Waals surface area (Å²) in [5.41, 5.74) is 1.81. The standard InChI is InChI=1S/C24H28ClN3O2S2/c1-4-16(5-2)26-20(29)13-31-24-27-22-21(18-11-6-14(3)12-19(18)32-22)23(30)28(24)17-9-7-15(25)8-10-17/h7-10,14,16H,4-6,11-13H2,1-3H3,(H,26,29). The number of aryl methyl sites for hydroxylation is 1. The van der Waals surface area contributed by atoms with Gasteiger partial charge in [0, 0.05) is 15.9 Å². The molecule has 2 aromatic heterocycles. The summed E-state index contributed by atoms with van der Waals surface area (Å²) in [6.07, 6.45) is 4.79. The fourth-order valence-electron chi connectivity index (χ4n) is 4.18. The molecule has 4 rings (SSSR count). The van der Waals surface area contributed by atoms with Crippen molar-refractivity contribution in [3.8, 4) is 5.69 Å². The van der Waals surface area contributed by atoms with Crippen LogP contribution < -0.4 is 10.9 Å². The van der Waals surface area contributed by atoms with E-state index in [2.05, 4.69) is 26.1 Å². The number of fused-ring (bicyclic) bond motifs is 3. The molecule has 1 amide bonds. The minimum atomic E-state index is -0.0627. The second-order valence-electron chi connectivity index (χ2n) is 8.41. The largest absolute Gasteiger partial charge is 0.353 e. The van der Waals surface area contributed by atoms with Crippen LogP contribution in [0.25, 0.3) is 15.9 Å². The molecular weight excluding hydrogens is 462 g/mol. The number of thioether (sulfide) groups is 1. The zero-order valence-corrected chi connectivity index (χ0v) is 21.0. The van der Waals surface area contributed by atoms with Gasteiger partial charge in [-0.05, 0) is 67.9 Å². The maximum Gasteiger partial charge on any atom is 0.267 e. The highest BCUT2D eigenvalue weighted by Gasteiger charge is 2.25. The molecule has 1 N–H and O–H groups in total. The molecule has 0 saturated heterocycles. The highest BCUT2D eigenvalue weighted by Crippen LogP contribution is 2.37. The van der Waals surface area contributed by atoms with Gasteiger partial charge in [-0.2, -0.15) is 0 Å². The smallest absolute Gasteiger partial charge is 0.267 e. The number of rotatable bonds is 7. The normalized spacial score (nSPS) is 15.8. The number of nitrogens with one attached hydrogen (secondary N) is 1. The van der Waals surface area contributed by atoms with Crippen LogP contribution in [0.3, 0.4) is 0 Å². The molecule has 0 spiro atoms. The molecule has 0 saturated carbocycles. The highest BCUT2D eigenvalue weighted by molar-refractivity contribution is 7.99. The van der Waals surface area contributed by atoms with Gasteiger partial charge >= 0.3 is 0 Å². The van der Waals surface area contributed by atoms with Gasteiger partial charge in [0.05, 0.1) is 16.8 Å². The Morgan fingerprint density at radius 3 is 2.72 bits per heavy atom. The molecule has 1 aliphatic carbocycles. The van der Waals surface area contributed by atoms with Crippen molar-refractivity contribution in [2.45, 2.75) is 64.1 Å². The first kappa shape index (κ1) is 23.3. The molecule has 32 heavy (non-hydrogen) atoms. The maximum atomic E-state index is 13.7. The molecule has 8 heteroatoms. The van der Waals surface area contributed by atoms with E-state index in [1.165, 1.54) is 16.6 Å². The third-order valence-corrected chi connectivity index (χ3v) is 8.41. The van der Waals surface area contributed by atoms with E-state index in [1.54, 1.807) is 28.0 Å². The zero-order chi connectivity index (χ0) is 22.8. The molecule has 0 radical (unpaired) electrons. The van der Waals surface area contributed by atoms with Crippen molar-refractivity contribution in [2.75, 3.05) is 5.75 Å². The molecule has 170 valence electrons. The number of nitrogens with zero attached hydrogens (tertiary/aromatic N) is 2. The van der Waals surface area contributed by atoms with Crippen LogP contribution in [-0.4, -0.2) is 27.3 Å². The Hall–Kier alpha value is -1.83. The number of hydrogen-bond donors (Lipinski definition) is 1. The Kier molecular flexibility index (Phi) is 7.27. The lowest BCUT2D eigenvalue weighted by atomic mass is 9.89. The van der Waals surface area contributed by atoms with E-state index >= 15 is 0 Å². The molecule has 0 bridgehead atoms. The third-order valence-electron chi connectivity index (χ3n) is 6.07. The Morgan fingerprint density at radius 1 is 1.31 bits per heavy atom. The third kappa shape index (κ3) is 4.75. The summed E-state index contributed by atoms with van der Waals surface area (Å²) in [7, 11) is 0. The molecule has 1 aliphatic rings. The van der Waals surface area contributed by atoms with Gasteiger partial charge in [-0.1, -0.05) is 44.1 Å². The van der Waals surface area contributed by atoms with E-state index in [9.17, 15) is 9.59 Å². The fourth-order valence-corrected chi connectivity index (χ4v) is 6.55. The topological polar surface area (TPSA) is 64.0 Å². The van der Waals surface area contributed by atoms with Gasteiger partial charge in [0.15, 0.2) is 5.16 Å². The van der Waals surface area contributed by atoms with Gasteiger partial charge in [-0.3, -0.25) is 14.2 Å². The van der Waals surface area contributed by atoms with E-state index in [0.29, 0.717) is 21.8 Å². The predicted molar refractivity (Wildman–Crippen MR) is 135 cm³/mol. The molecule has 1 unspecified atom stereocenters. The maximum absolute atomic E-state index is 13.7. The summed E-state index contributed by atoms with van der Waals surface area (Å²) < 4.78 is 1.64. The first-order chi connectivity index (χ1) is 15.4. The lowest BCUT2D eigenvalue weighted by Crippen LogP contribution is -2.35. The van der Waals surface area contributed by atoms with Crippen molar-refractivity contribution in [1.82, 2.24) is 14.9 Å². The zero-order valence-electron chi connectivity index (χ0n) is 18.6. The number of halogens is 1. The predicted octanol–water partition coefficient (Wildman–Crippen LogP) is 5.62. The number of carbonyl (C=O) groups excluding carboxylic acids is 1. The van der Waals surface area contributed by atoms with Crippen LogP contribution in [0.15, 0.2) is 34.2 Å². The van der Waals surface area contributed by atoms with E-state index < -0.39 is 0 Å². The summed E-state index contributed by atoms with van der Waals surface area (Å²) in [5, 5.41) is 4.94. The molecular formula is C24H28ClN3O2S2. The number of aromatic nitrogens is 2. The van der Waals surface area contributed by atoms with Gasteiger partial charge in [-0.25, -0.2) is 4.98 Å². The second kappa shape index (κ2) is 9.98. The summed E-state index contributed by atoms with van der Waals surface area (Å²) in [6.45, 7) is 6.38. The van der Waals surface area contributed by atoms with Crippen LogP contribution in [0, 0.1) is 5.92 Å². The molecule has 5 nitrogen and oxygen atoms in total. The van der Waals surface area contributed by atoms with Crippen molar-refractivity contribution in [1.29, 1.82) is 0 Å². The molecule has 2 heterocycles. The van der Waals surface area contributed by atoms with Crippen LogP contribution in [0.2, 0.25) is 5.02 Å². The molecule has 0 aliphatic heterocycles. The number of amides is 1. The number of thiophene rings is 1. The molecule has 1 atom stereocenters. The lowest BCUT2D eigenvalue weighted by Gasteiger charge is -2.18. The minimum absolute atomic E-state index is 0.0417. The van der Waals surface area contributed by atoms with Crippen molar-refractivity contribution in [3.05, 3.63) is 50.1 Å². The van der Waals surface area contributed by atoms with E-state index in [4.69, 9.17) is 16.6 Å². The molecule has 1 aromatic carbocycles. The first-order valence-electron chi connectivity index (χ1n) is 11.2. The van der Waals surface area contributed by atoms with E-state index in [0.717, 1.165) is 47.9 Å². The summed E-state index contributed by atoms with van der Waals surface area (Å²) in [6, 6.07) is 7.36. The Bertz CT molecular complexity index is 1180. The summed E-state index contributed by atoms with van der Waals surface area (Å²) >= 11 is 9.02. The van der Waals surface area contributed by atoms with Crippen molar-refractivity contribution < 1.29 is 4.79 Å². The lowest BCUT2D eigenvalue weighted by molar-refractivity contribution is -0.119. The van der Waals surface area contributed by atoms with Gasteiger partial charge in [0.2, 0.25) is 5.91 Å². The Balaban J connectivity index is 1.76. The SMILES string of the molecule is CCC(CC)NC(=O)CSc1nc2sc3c(c2c(=O)n1-c1ccc(Cl)cc1)CCC(C)C3. The monoisotopic (exact) mass is 489 g/mol. The molecule has 0 fully saturated rings. The van der Waals surface area contributed by atoms with Crippen molar-refractivity contribution >= 4 is 50.8 Å². The average molecular weight is 490 g/mol. The fraction of sp³-hybridized carbons (Fsp3) is 0.458. The van der Waals surface area contributed by atoms with Crippen LogP contribution in [0.4, 0.5) is 0 Å². The van der Waals surface area contributed by atoms with E-state index in [1.807, 2.05) is 12.1 Å². The van der Waals surface area contributed by atoms with Gasteiger partial charge in [0.25, 0.3) is 5.56 Å². The van der Waals surface area contributed by atoms with E-state index in [-0.39, 0.29) is 23.3 Å². The summed E-state index contributed by atoms with van der Waals surface area (Å²) in [4.78, 5) is 33.2. The van der Waals surface area contributed by atoms with Gasteiger partial charge in [-0.15, -0.1) is 11.3 Å². The van der Waals surface area contributed by atoms with Gasteiger partial charge < -0.3 is 5.32 Å². The summed E-state index contributed by atoms with van der Waals surface area (Å²) in [5.74, 6) is 0.793. The molecule has 3 aromatic rings. The average Bonchev–Trinajstić information content (AvgIpc) is 3.14. The number of carbonyl (C=O) groups is 1. The van der Waals surface area contributed by atoms with Crippen molar-refractivity contribution in [2.24, 2.45) is 5.92 Å². The Labute approximate surface area is 201 Å². The minimum Gasteiger partial charge on any atom is -0.353 e. The first-order valence-corrected chi connectivity index (χ1v) is 13.3. The quantitative estimate of drug-likeness (QED) is 0.345. The van der Waals surface area contributed by atoms with Crippen LogP contribution in [-0.2, 0) is 17.6 Å². The van der Waals surface area contributed by atoms with Gasteiger partial charge in [0.1, 0.15) is 4.83 Å². The van der Waals surface area contributed by atoms with Crippen LogP contribution in [0.5, 0.6) is 0 Å². The highest BCUT2D eigenvalue weighted by atomic mass is 35.5. The van der Waals surface area contributed by atoms with Crippen LogP contribution >= 0.6 is 34.7 Å². The van der Waals surface area contributed by atoms with Crippen molar-refractivity contribution in [3.63, 3.8) is 0 Å². The number of hydrogen-bond acceptors (Lipinski definition) is 5. The van der Waals surface area contributed by atoms with Crippen LogP contribution in [0.1, 0.15) is 50.5 Å². The number of benzene rings is 1. The Morgan fingerprint density at radius 2 is 2.03 bits per heavy atom. The second-order valence-corrected chi connectivity index (χ2v) is 10.9.